The number of aromatic nitrogens is 1. The molecule has 3 rings (SSSR count). The number of carbonyl (C=O) groups is 2. The van der Waals surface area contributed by atoms with Gasteiger partial charge in [-0.1, -0.05) is 6.07 Å². The summed E-state index contributed by atoms with van der Waals surface area (Å²) in [4.78, 5) is 30.1. The number of nitrogens with one attached hydrogen (secondary N) is 1. The lowest BCUT2D eigenvalue weighted by Gasteiger charge is -2.15. The Morgan fingerprint density at radius 2 is 2.33 bits per heavy atom. The Hall–Kier alpha value is -2.83. The molecular weight excluding hydrogens is 310 g/mol. The molecule has 1 saturated heterocycles. The second-order valence-corrected chi connectivity index (χ2v) is 5.64. The molecule has 1 aliphatic heterocycles. The van der Waals surface area contributed by atoms with Gasteiger partial charge in [0, 0.05) is 31.3 Å². The van der Waals surface area contributed by atoms with Crippen LogP contribution in [0.4, 0.5) is 0 Å². The number of methoxy groups -OCH3 is 1. The lowest BCUT2D eigenvalue weighted by molar-refractivity contribution is -0.129. The Labute approximate surface area is 139 Å². The summed E-state index contributed by atoms with van der Waals surface area (Å²) in [5.74, 6) is 0.668. The summed E-state index contributed by atoms with van der Waals surface area (Å²) < 4.78 is 10.4. The molecule has 0 unspecified atom stereocenters. The van der Waals surface area contributed by atoms with Crippen LogP contribution in [-0.2, 0) is 22.7 Å². The molecular formula is C17H19N3O4. The minimum absolute atomic E-state index is 0.0366. The fourth-order valence-corrected chi connectivity index (χ4v) is 2.76. The number of rotatable bonds is 6. The topological polar surface area (TPSA) is 84.7 Å². The van der Waals surface area contributed by atoms with Crippen molar-refractivity contribution in [2.24, 2.45) is 5.92 Å². The van der Waals surface area contributed by atoms with E-state index in [0.29, 0.717) is 31.3 Å². The molecule has 0 spiro atoms. The number of amides is 2. The summed E-state index contributed by atoms with van der Waals surface area (Å²) in [7, 11) is 1.54. The first-order valence-corrected chi connectivity index (χ1v) is 7.73. The van der Waals surface area contributed by atoms with E-state index in [9.17, 15) is 9.59 Å². The molecule has 0 aromatic carbocycles. The van der Waals surface area contributed by atoms with Gasteiger partial charge in [0.25, 0.3) is 0 Å². The molecule has 1 N–H and O–H groups in total. The third-order valence-corrected chi connectivity index (χ3v) is 4.01. The minimum Gasteiger partial charge on any atom is -0.481 e. The van der Waals surface area contributed by atoms with Crippen LogP contribution >= 0.6 is 0 Å². The number of likely N-dealkylation sites (tertiary alicyclic amines) is 1. The lowest BCUT2D eigenvalue weighted by Crippen LogP contribution is -2.32. The van der Waals surface area contributed by atoms with E-state index < -0.39 is 0 Å². The first-order valence-electron chi connectivity index (χ1n) is 7.73. The molecule has 3 heterocycles. The lowest BCUT2D eigenvalue weighted by atomic mass is 10.1. The molecule has 0 radical (unpaired) electrons. The van der Waals surface area contributed by atoms with Gasteiger partial charge < -0.3 is 19.4 Å². The Morgan fingerprint density at radius 3 is 3.08 bits per heavy atom. The van der Waals surface area contributed by atoms with Gasteiger partial charge in [0.15, 0.2) is 0 Å². The average Bonchev–Trinajstić information content (AvgIpc) is 3.23. The van der Waals surface area contributed by atoms with Crippen molar-refractivity contribution in [3.63, 3.8) is 0 Å². The van der Waals surface area contributed by atoms with E-state index in [2.05, 4.69) is 10.3 Å². The van der Waals surface area contributed by atoms with Crippen LogP contribution in [0.3, 0.4) is 0 Å². The van der Waals surface area contributed by atoms with Crippen LogP contribution in [0.1, 0.15) is 17.7 Å². The number of carbonyl (C=O) groups excluding carboxylic acids is 2. The van der Waals surface area contributed by atoms with Gasteiger partial charge in [0.05, 0.1) is 25.8 Å². The van der Waals surface area contributed by atoms with Crippen molar-refractivity contribution in [3.05, 3.63) is 48.0 Å². The van der Waals surface area contributed by atoms with E-state index in [0.717, 1.165) is 5.56 Å². The van der Waals surface area contributed by atoms with Crippen LogP contribution in [0, 0.1) is 5.92 Å². The summed E-state index contributed by atoms with van der Waals surface area (Å²) in [5.41, 5.74) is 0.796. The number of ether oxygens (including phenoxy) is 1. The highest BCUT2D eigenvalue weighted by Gasteiger charge is 2.34. The van der Waals surface area contributed by atoms with Gasteiger partial charge in [-0.15, -0.1) is 0 Å². The molecule has 1 fully saturated rings. The minimum atomic E-state index is -0.352. The van der Waals surface area contributed by atoms with Crippen molar-refractivity contribution in [3.8, 4) is 5.88 Å². The molecule has 0 aliphatic carbocycles. The highest BCUT2D eigenvalue weighted by Crippen LogP contribution is 2.21. The fraction of sp³-hybridized carbons (Fsp3) is 0.353. The monoisotopic (exact) mass is 329 g/mol. The third-order valence-electron chi connectivity index (χ3n) is 4.01. The van der Waals surface area contributed by atoms with Crippen molar-refractivity contribution in [2.45, 2.75) is 19.5 Å². The van der Waals surface area contributed by atoms with Crippen molar-refractivity contribution in [1.82, 2.24) is 15.2 Å². The zero-order valence-corrected chi connectivity index (χ0v) is 13.4. The van der Waals surface area contributed by atoms with Gasteiger partial charge in [0.1, 0.15) is 5.76 Å². The van der Waals surface area contributed by atoms with Crippen molar-refractivity contribution in [1.29, 1.82) is 0 Å². The Bertz CT molecular complexity index is 714. The van der Waals surface area contributed by atoms with Crippen molar-refractivity contribution >= 4 is 11.8 Å². The first kappa shape index (κ1) is 16.0. The molecule has 1 aliphatic rings. The standard InChI is InChI=1S/C17H19N3O4/c1-23-17-12(4-2-6-18-17)9-19-16(22)13-8-15(21)20(10-13)11-14-5-3-7-24-14/h2-7,13H,8-11H2,1H3,(H,19,22)/t13-/m0/s1. The number of furan rings is 1. The number of nitrogens with zero attached hydrogens (tertiary/aromatic N) is 2. The normalized spacial score (nSPS) is 17.1. The Balaban J connectivity index is 1.55. The van der Waals surface area contributed by atoms with Gasteiger partial charge in [-0.05, 0) is 18.2 Å². The molecule has 1 atom stereocenters. The van der Waals surface area contributed by atoms with Gasteiger partial charge in [0.2, 0.25) is 17.7 Å². The molecule has 7 heteroatoms. The zero-order valence-electron chi connectivity index (χ0n) is 13.4. The smallest absolute Gasteiger partial charge is 0.225 e. The second-order valence-electron chi connectivity index (χ2n) is 5.64. The second kappa shape index (κ2) is 7.16. The number of hydrogen-bond donors (Lipinski definition) is 1. The predicted octanol–water partition coefficient (Wildman–Crippen LogP) is 1.35. The highest BCUT2D eigenvalue weighted by molar-refractivity contribution is 5.89. The maximum atomic E-state index is 12.3. The van der Waals surface area contributed by atoms with E-state index in [1.165, 1.54) is 7.11 Å². The molecule has 0 saturated carbocycles. The van der Waals surface area contributed by atoms with Crippen LogP contribution in [0.5, 0.6) is 5.88 Å². The Morgan fingerprint density at radius 1 is 1.46 bits per heavy atom. The van der Waals surface area contributed by atoms with E-state index in [4.69, 9.17) is 9.15 Å². The number of hydrogen-bond acceptors (Lipinski definition) is 5. The molecule has 7 nitrogen and oxygen atoms in total. The summed E-state index contributed by atoms with van der Waals surface area (Å²) in [6.45, 7) is 1.11. The van der Waals surface area contributed by atoms with Crippen LogP contribution in [-0.4, -0.2) is 35.4 Å². The molecule has 2 aromatic rings. The largest absolute Gasteiger partial charge is 0.481 e. The zero-order chi connectivity index (χ0) is 16.9. The quantitative estimate of drug-likeness (QED) is 0.865. The summed E-state index contributed by atoms with van der Waals surface area (Å²) in [6, 6.07) is 7.22. The van der Waals surface area contributed by atoms with E-state index in [1.54, 1.807) is 29.5 Å². The molecule has 126 valence electrons. The van der Waals surface area contributed by atoms with Crippen LogP contribution in [0.15, 0.2) is 41.1 Å². The average molecular weight is 329 g/mol. The highest BCUT2D eigenvalue weighted by atomic mass is 16.5. The predicted molar refractivity (Wildman–Crippen MR) is 84.9 cm³/mol. The maximum Gasteiger partial charge on any atom is 0.225 e. The summed E-state index contributed by atoms with van der Waals surface area (Å²) in [6.07, 6.45) is 3.42. The third kappa shape index (κ3) is 3.56. The molecule has 0 bridgehead atoms. The van der Waals surface area contributed by atoms with Gasteiger partial charge in [-0.25, -0.2) is 4.98 Å². The van der Waals surface area contributed by atoms with Crippen LogP contribution < -0.4 is 10.1 Å². The van der Waals surface area contributed by atoms with E-state index in [-0.39, 0.29) is 24.2 Å². The van der Waals surface area contributed by atoms with E-state index >= 15 is 0 Å². The Kier molecular flexibility index (Phi) is 4.79. The first-order chi connectivity index (χ1) is 11.7. The molecule has 2 aromatic heterocycles. The van der Waals surface area contributed by atoms with Gasteiger partial charge >= 0.3 is 0 Å². The summed E-state index contributed by atoms with van der Waals surface area (Å²) >= 11 is 0. The summed E-state index contributed by atoms with van der Waals surface area (Å²) in [5, 5.41) is 2.85. The van der Waals surface area contributed by atoms with Crippen LogP contribution in [0.2, 0.25) is 0 Å². The SMILES string of the molecule is COc1ncccc1CNC(=O)[C@H]1CC(=O)N(Cc2ccco2)C1. The van der Waals surface area contributed by atoms with E-state index in [1.807, 2.05) is 12.1 Å². The molecule has 24 heavy (non-hydrogen) atoms. The molecule has 2 amide bonds. The van der Waals surface area contributed by atoms with Crippen molar-refractivity contribution < 1.29 is 18.7 Å². The fourth-order valence-electron chi connectivity index (χ4n) is 2.76. The number of pyridine rings is 1. The maximum absolute atomic E-state index is 12.3. The van der Waals surface area contributed by atoms with Gasteiger partial charge in [-0.3, -0.25) is 9.59 Å². The van der Waals surface area contributed by atoms with Gasteiger partial charge in [-0.2, -0.15) is 0 Å². The van der Waals surface area contributed by atoms with Crippen LogP contribution in [0.25, 0.3) is 0 Å². The van der Waals surface area contributed by atoms with Crippen molar-refractivity contribution in [2.75, 3.05) is 13.7 Å².